The van der Waals surface area contributed by atoms with Gasteiger partial charge >= 0.3 is 5.97 Å². The third kappa shape index (κ3) is 6.30. The van der Waals surface area contributed by atoms with E-state index in [1.54, 1.807) is 19.1 Å². The molecule has 0 saturated heterocycles. The average Bonchev–Trinajstić information content (AvgIpc) is 2.62. The highest BCUT2D eigenvalue weighted by molar-refractivity contribution is 5.81. The van der Waals surface area contributed by atoms with Crippen molar-refractivity contribution in [1.82, 2.24) is 5.32 Å². The van der Waals surface area contributed by atoms with Crippen LogP contribution < -0.4 is 10.1 Å². The number of benzene rings is 2. The zero-order valence-corrected chi connectivity index (χ0v) is 14.5. The van der Waals surface area contributed by atoms with Crippen LogP contribution in [0.4, 0.5) is 0 Å². The fraction of sp³-hybridized carbons (Fsp3) is 0.300. The number of carbonyl (C=O) groups excluding carboxylic acids is 2. The monoisotopic (exact) mass is 341 g/mol. The summed E-state index contributed by atoms with van der Waals surface area (Å²) in [4.78, 5) is 23.6. The molecule has 0 aliphatic rings. The third-order valence-electron chi connectivity index (χ3n) is 3.71. The minimum Gasteiger partial charge on any atom is -0.479 e. The van der Waals surface area contributed by atoms with Gasteiger partial charge in [-0.1, -0.05) is 42.5 Å². The summed E-state index contributed by atoms with van der Waals surface area (Å²) in [5.74, 6) is -0.318. The molecule has 0 heterocycles. The molecule has 1 N–H and O–H groups in total. The number of carbonyl (C=O) groups is 2. The van der Waals surface area contributed by atoms with Gasteiger partial charge in [0.1, 0.15) is 5.75 Å². The number of aryl methyl sites for hydroxylation is 1. The van der Waals surface area contributed by atoms with E-state index in [1.165, 1.54) is 11.1 Å². The van der Waals surface area contributed by atoms with E-state index in [-0.39, 0.29) is 12.5 Å². The minimum atomic E-state index is -0.776. The Balaban J connectivity index is 1.67. The highest BCUT2D eigenvalue weighted by Gasteiger charge is 2.17. The summed E-state index contributed by atoms with van der Waals surface area (Å²) in [6, 6.07) is 17.0. The molecule has 1 amide bonds. The molecular weight excluding hydrogens is 318 g/mol. The maximum atomic E-state index is 11.9. The summed E-state index contributed by atoms with van der Waals surface area (Å²) in [5, 5.41) is 2.75. The van der Waals surface area contributed by atoms with Gasteiger partial charge in [0.05, 0.1) is 0 Å². The lowest BCUT2D eigenvalue weighted by Gasteiger charge is -2.14. The predicted octanol–water partition coefficient (Wildman–Crippen LogP) is 2.66. The lowest BCUT2D eigenvalue weighted by molar-refractivity contribution is -0.154. The first kappa shape index (κ1) is 18.5. The minimum absolute atomic E-state index is 0.310. The van der Waals surface area contributed by atoms with E-state index in [1.807, 2.05) is 49.4 Å². The number of amides is 1. The number of rotatable bonds is 8. The number of esters is 1. The van der Waals surface area contributed by atoms with E-state index in [0.717, 1.165) is 6.42 Å². The number of ether oxygens (including phenoxy) is 2. The largest absolute Gasteiger partial charge is 0.479 e. The fourth-order valence-corrected chi connectivity index (χ4v) is 2.28. The van der Waals surface area contributed by atoms with Crippen molar-refractivity contribution in [3.05, 3.63) is 65.7 Å². The molecule has 0 unspecified atom stereocenters. The number of nitrogens with one attached hydrogen (secondary N) is 1. The summed E-state index contributed by atoms with van der Waals surface area (Å²) < 4.78 is 10.4. The first-order chi connectivity index (χ1) is 12.1. The molecule has 0 aliphatic carbocycles. The van der Waals surface area contributed by atoms with Crippen LogP contribution in [0.15, 0.2) is 54.6 Å². The predicted molar refractivity (Wildman–Crippen MR) is 95.4 cm³/mol. The third-order valence-corrected chi connectivity index (χ3v) is 3.71. The van der Waals surface area contributed by atoms with Gasteiger partial charge in [-0.05, 0) is 43.5 Å². The Morgan fingerprint density at radius 1 is 1.04 bits per heavy atom. The molecule has 0 aliphatic heterocycles. The van der Waals surface area contributed by atoms with Crippen LogP contribution in [-0.4, -0.2) is 31.1 Å². The van der Waals surface area contributed by atoms with Crippen molar-refractivity contribution >= 4 is 11.9 Å². The van der Waals surface area contributed by atoms with Gasteiger partial charge in [-0.15, -0.1) is 0 Å². The molecule has 5 heteroatoms. The highest BCUT2D eigenvalue weighted by atomic mass is 16.6. The Labute approximate surface area is 148 Å². The van der Waals surface area contributed by atoms with Gasteiger partial charge in [-0.3, -0.25) is 4.79 Å². The van der Waals surface area contributed by atoms with Crippen LogP contribution in [0.2, 0.25) is 0 Å². The molecule has 0 fully saturated rings. The van der Waals surface area contributed by atoms with Crippen molar-refractivity contribution in [1.29, 1.82) is 0 Å². The first-order valence-corrected chi connectivity index (χ1v) is 8.26. The van der Waals surface area contributed by atoms with Gasteiger partial charge in [0, 0.05) is 6.54 Å². The maximum Gasteiger partial charge on any atom is 0.347 e. The second kappa shape index (κ2) is 9.47. The Kier molecular flexibility index (Phi) is 7.01. The molecule has 0 spiro atoms. The topological polar surface area (TPSA) is 64.6 Å². The molecule has 2 aromatic rings. The molecule has 0 radical (unpaired) electrons. The standard InChI is InChI=1S/C20H23NO4/c1-15-8-6-7-9-17(15)12-13-21-19(22)14-24-20(23)16(2)25-18-10-4-3-5-11-18/h3-11,16H,12-14H2,1-2H3,(H,21,22)/t16-/m1/s1. The summed E-state index contributed by atoms with van der Waals surface area (Å²) >= 11 is 0. The molecule has 2 rings (SSSR count). The van der Waals surface area contributed by atoms with Crippen molar-refractivity contribution < 1.29 is 19.1 Å². The van der Waals surface area contributed by atoms with Gasteiger partial charge in [0.2, 0.25) is 0 Å². The van der Waals surface area contributed by atoms with Crippen molar-refractivity contribution in [2.45, 2.75) is 26.4 Å². The number of hydrogen-bond acceptors (Lipinski definition) is 4. The Bertz CT molecular complexity index is 700. The molecule has 132 valence electrons. The molecule has 25 heavy (non-hydrogen) atoms. The van der Waals surface area contributed by atoms with E-state index in [0.29, 0.717) is 12.3 Å². The lowest BCUT2D eigenvalue weighted by Crippen LogP contribution is -2.33. The molecule has 0 saturated carbocycles. The van der Waals surface area contributed by atoms with E-state index < -0.39 is 12.1 Å². The van der Waals surface area contributed by atoms with E-state index in [9.17, 15) is 9.59 Å². The van der Waals surface area contributed by atoms with Crippen LogP contribution in [0, 0.1) is 6.92 Å². The Hall–Kier alpha value is -2.82. The molecule has 1 atom stereocenters. The van der Waals surface area contributed by atoms with Crippen LogP contribution in [0.5, 0.6) is 5.75 Å². The second-order valence-electron chi connectivity index (χ2n) is 5.71. The van der Waals surface area contributed by atoms with Crippen molar-refractivity contribution in [2.75, 3.05) is 13.2 Å². The van der Waals surface area contributed by atoms with Gasteiger partial charge in [-0.25, -0.2) is 4.79 Å². The van der Waals surface area contributed by atoms with E-state index in [4.69, 9.17) is 9.47 Å². The number of para-hydroxylation sites is 1. The fourth-order valence-electron chi connectivity index (χ4n) is 2.28. The SMILES string of the molecule is Cc1ccccc1CCNC(=O)COC(=O)[C@@H](C)Oc1ccccc1. The van der Waals surface area contributed by atoms with Crippen molar-refractivity contribution in [2.24, 2.45) is 0 Å². The summed E-state index contributed by atoms with van der Waals surface area (Å²) in [6.07, 6.45) is -0.0398. The van der Waals surface area contributed by atoms with Crippen LogP contribution in [0.25, 0.3) is 0 Å². The lowest BCUT2D eigenvalue weighted by atomic mass is 10.1. The summed E-state index contributed by atoms with van der Waals surface area (Å²) in [6.45, 7) is 3.81. The molecule has 0 aromatic heterocycles. The van der Waals surface area contributed by atoms with Crippen LogP contribution in [-0.2, 0) is 20.7 Å². The van der Waals surface area contributed by atoms with Crippen LogP contribution >= 0.6 is 0 Å². The van der Waals surface area contributed by atoms with Crippen LogP contribution in [0.1, 0.15) is 18.1 Å². The molecule has 2 aromatic carbocycles. The van der Waals surface area contributed by atoms with Gasteiger partial charge in [-0.2, -0.15) is 0 Å². The summed E-state index contributed by atoms with van der Waals surface area (Å²) in [5.41, 5.74) is 2.37. The van der Waals surface area contributed by atoms with Gasteiger partial charge < -0.3 is 14.8 Å². The summed E-state index contributed by atoms with van der Waals surface area (Å²) in [7, 11) is 0. The second-order valence-corrected chi connectivity index (χ2v) is 5.71. The number of hydrogen-bond donors (Lipinski definition) is 1. The van der Waals surface area contributed by atoms with E-state index in [2.05, 4.69) is 5.32 Å². The molecule has 0 bridgehead atoms. The zero-order chi connectivity index (χ0) is 18.1. The van der Waals surface area contributed by atoms with Crippen molar-refractivity contribution in [3.63, 3.8) is 0 Å². The average molecular weight is 341 g/mol. The van der Waals surface area contributed by atoms with Crippen LogP contribution in [0.3, 0.4) is 0 Å². The van der Waals surface area contributed by atoms with E-state index >= 15 is 0 Å². The quantitative estimate of drug-likeness (QED) is 0.750. The first-order valence-electron chi connectivity index (χ1n) is 8.26. The van der Waals surface area contributed by atoms with Gasteiger partial charge in [0.25, 0.3) is 5.91 Å². The maximum absolute atomic E-state index is 11.9. The normalized spacial score (nSPS) is 11.4. The molecule has 5 nitrogen and oxygen atoms in total. The Morgan fingerprint density at radius 3 is 2.44 bits per heavy atom. The Morgan fingerprint density at radius 2 is 1.72 bits per heavy atom. The molecular formula is C20H23NO4. The zero-order valence-electron chi connectivity index (χ0n) is 14.5. The highest BCUT2D eigenvalue weighted by Crippen LogP contribution is 2.11. The van der Waals surface area contributed by atoms with Gasteiger partial charge in [0.15, 0.2) is 12.7 Å². The smallest absolute Gasteiger partial charge is 0.347 e. The van der Waals surface area contributed by atoms with Crippen molar-refractivity contribution in [3.8, 4) is 5.75 Å².